The van der Waals surface area contributed by atoms with E-state index in [-0.39, 0.29) is 5.69 Å². The van der Waals surface area contributed by atoms with Crippen molar-refractivity contribution in [2.24, 2.45) is 5.10 Å². The second-order valence-corrected chi connectivity index (χ2v) is 6.26. The number of nitrogens with zero attached hydrogens (tertiary/aromatic N) is 3. The Kier molecular flexibility index (Phi) is 5.57. The van der Waals surface area contributed by atoms with Crippen molar-refractivity contribution in [2.75, 3.05) is 5.43 Å². The lowest BCUT2D eigenvalue weighted by atomic mass is 10.2. The molecule has 1 heterocycles. The van der Waals surface area contributed by atoms with Crippen LogP contribution in [-0.4, -0.2) is 16.1 Å². The summed E-state index contributed by atoms with van der Waals surface area (Å²) < 4.78 is 5.62. The van der Waals surface area contributed by atoms with Gasteiger partial charge in [-0.05, 0) is 36.4 Å². The predicted molar refractivity (Wildman–Crippen MR) is 105 cm³/mol. The summed E-state index contributed by atoms with van der Waals surface area (Å²) >= 11 is 12.0. The normalized spacial score (nSPS) is 10.9. The molecule has 0 unspecified atom stereocenters. The van der Waals surface area contributed by atoms with E-state index < -0.39 is 21.2 Å². The van der Waals surface area contributed by atoms with Crippen molar-refractivity contribution in [3.63, 3.8) is 0 Å². The molecule has 0 aliphatic heterocycles. The smallest absolute Gasteiger partial charge is 0.301 e. The zero-order chi connectivity index (χ0) is 20.3. The molecule has 0 spiro atoms. The van der Waals surface area contributed by atoms with Crippen LogP contribution >= 0.6 is 23.2 Å². The van der Waals surface area contributed by atoms with E-state index >= 15 is 0 Å². The van der Waals surface area contributed by atoms with Gasteiger partial charge in [-0.3, -0.25) is 25.7 Å². The lowest BCUT2D eigenvalue weighted by Crippen LogP contribution is -1.98. The third-order valence-electron chi connectivity index (χ3n) is 3.59. The molecule has 142 valence electrons. The number of anilines is 1. The van der Waals surface area contributed by atoms with Gasteiger partial charge in [-0.15, -0.1) is 0 Å². The first kappa shape index (κ1) is 19.3. The van der Waals surface area contributed by atoms with Gasteiger partial charge in [-0.2, -0.15) is 5.10 Å². The molecule has 11 heteroatoms. The van der Waals surface area contributed by atoms with Gasteiger partial charge in [0.15, 0.2) is 0 Å². The second-order valence-electron chi connectivity index (χ2n) is 5.41. The fourth-order valence-corrected chi connectivity index (χ4v) is 2.80. The van der Waals surface area contributed by atoms with E-state index in [4.69, 9.17) is 27.6 Å². The third kappa shape index (κ3) is 4.27. The summed E-state index contributed by atoms with van der Waals surface area (Å²) in [6.45, 7) is 0. The summed E-state index contributed by atoms with van der Waals surface area (Å²) in [5, 5.41) is 26.6. The molecule has 0 saturated carbocycles. The highest BCUT2D eigenvalue weighted by Gasteiger charge is 2.19. The third-order valence-corrected chi connectivity index (χ3v) is 4.14. The molecule has 1 N–H and O–H groups in total. The summed E-state index contributed by atoms with van der Waals surface area (Å²) in [5.41, 5.74) is 2.26. The maximum Gasteiger partial charge on any atom is 0.301 e. The van der Waals surface area contributed by atoms with Gasteiger partial charge in [0.05, 0.1) is 27.2 Å². The molecule has 1 aromatic heterocycles. The van der Waals surface area contributed by atoms with Crippen LogP contribution in [0.2, 0.25) is 10.0 Å². The van der Waals surface area contributed by atoms with Crippen molar-refractivity contribution in [1.29, 1.82) is 0 Å². The van der Waals surface area contributed by atoms with E-state index in [2.05, 4.69) is 10.5 Å². The van der Waals surface area contributed by atoms with Gasteiger partial charge in [0.25, 0.3) is 5.69 Å². The maximum atomic E-state index is 11.1. The Hall–Kier alpha value is -3.43. The first-order valence-corrected chi connectivity index (χ1v) is 8.38. The monoisotopic (exact) mass is 420 g/mol. The predicted octanol–water partition coefficient (Wildman–Crippen LogP) is 5.52. The van der Waals surface area contributed by atoms with Crippen LogP contribution in [0, 0.1) is 20.2 Å². The van der Waals surface area contributed by atoms with Crippen molar-refractivity contribution in [1.82, 2.24) is 0 Å². The van der Waals surface area contributed by atoms with E-state index in [9.17, 15) is 20.2 Å². The summed E-state index contributed by atoms with van der Waals surface area (Å²) in [5.74, 6) is 0.850. The summed E-state index contributed by atoms with van der Waals surface area (Å²) in [6.07, 6.45) is 1.30. The van der Waals surface area contributed by atoms with Crippen LogP contribution in [0.3, 0.4) is 0 Å². The number of nitro benzene ring substituents is 2. The molecule has 0 saturated heterocycles. The number of hydrogen-bond donors (Lipinski definition) is 1. The highest BCUT2D eigenvalue weighted by atomic mass is 35.5. The van der Waals surface area contributed by atoms with Crippen molar-refractivity contribution < 1.29 is 14.3 Å². The SMILES string of the molecule is O=[N+]([O-])c1ccc(N/N=C\c2ccc(-c3ccc(Cl)cc3Cl)o2)c([N+](=O)[O-])c1. The zero-order valence-electron chi connectivity index (χ0n) is 13.8. The molecular weight excluding hydrogens is 411 g/mol. The molecule has 9 nitrogen and oxygen atoms in total. The lowest BCUT2D eigenvalue weighted by Gasteiger charge is -2.02. The average Bonchev–Trinajstić information content (AvgIpc) is 3.10. The number of nitrogens with one attached hydrogen (secondary N) is 1. The van der Waals surface area contributed by atoms with Gasteiger partial charge in [0.2, 0.25) is 0 Å². The Morgan fingerprint density at radius 2 is 1.79 bits per heavy atom. The Morgan fingerprint density at radius 3 is 2.46 bits per heavy atom. The number of hydrazone groups is 1. The van der Waals surface area contributed by atoms with E-state index in [1.54, 1.807) is 30.3 Å². The van der Waals surface area contributed by atoms with E-state index in [1.807, 2.05) is 0 Å². The van der Waals surface area contributed by atoms with Crippen LogP contribution in [-0.2, 0) is 0 Å². The van der Waals surface area contributed by atoms with Crippen molar-refractivity contribution >= 4 is 46.5 Å². The molecule has 0 aliphatic rings. The van der Waals surface area contributed by atoms with Crippen LogP contribution in [0.4, 0.5) is 17.1 Å². The van der Waals surface area contributed by atoms with E-state index in [0.717, 1.165) is 12.1 Å². The number of furan rings is 1. The first-order chi connectivity index (χ1) is 13.3. The molecule has 0 amide bonds. The molecule has 3 aromatic rings. The van der Waals surface area contributed by atoms with Gasteiger partial charge < -0.3 is 4.42 Å². The topological polar surface area (TPSA) is 124 Å². The minimum atomic E-state index is -0.738. The van der Waals surface area contributed by atoms with Crippen molar-refractivity contribution in [2.45, 2.75) is 0 Å². The number of benzene rings is 2. The van der Waals surface area contributed by atoms with Gasteiger partial charge in [-0.25, -0.2) is 0 Å². The van der Waals surface area contributed by atoms with E-state index in [1.165, 1.54) is 12.3 Å². The van der Waals surface area contributed by atoms with Crippen LogP contribution in [0.5, 0.6) is 0 Å². The molecule has 28 heavy (non-hydrogen) atoms. The van der Waals surface area contributed by atoms with Gasteiger partial charge >= 0.3 is 5.69 Å². The molecule has 0 aliphatic carbocycles. The number of nitro groups is 2. The second kappa shape index (κ2) is 8.07. The van der Waals surface area contributed by atoms with Gasteiger partial charge in [-0.1, -0.05) is 23.2 Å². The fourth-order valence-electron chi connectivity index (χ4n) is 2.30. The summed E-state index contributed by atoms with van der Waals surface area (Å²) in [6, 6.07) is 11.5. The number of non-ortho nitro benzene ring substituents is 1. The molecule has 0 atom stereocenters. The van der Waals surface area contributed by atoms with Gasteiger partial charge in [0, 0.05) is 16.7 Å². The lowest BCUT2D eigenvalue weighted by molar-refractivity contribution is -0.393. The molecule has 3 rings (SSSR count). The largest absolute Gasteiger partial charge is 0.455 e. The zero-order valence-corrected chi connectivity index (χ0v) is 15.3. The van der Waals surface area contributed by atoms with Crippen molar-refractivity contribution in [3.8, 4) is 11.3 Å². The standard InChI is InChI=1S/C17H10Cl2N4O5/c18-10-1-4-13(14(19)7-10)17-6-3-12(28-17)9-20-21-15-5-2-11(22(24)25)8-16(15)23(26)27/h1-9,21H/b20-9-. The molecular formula is C17H10Cl2N4O5. The van der Waals surface area contributed by atoms with Crippen LogP contribution in [0.15, 0.2) is 58.0 Å². The van der Waals surface area contributed by atoms with E-state index in [0.29, 0.717) is 27.1 Å². The minimum Gasteiger partial charge on any atom is -0.455 e. The highest BCUT2D eigenvalue weighted by molar-refractivity contribution is 6.36. The Balaban J connectivity index is 1.78. The number of halogens is 2. The Morgan fingerprint density at radius 1 is 1.00 bits per heavy atom. The average molecular weight is 421 g/mol. The van der Waals surface area contributed by atoms with Gasteiger partial charge in [0.1, 0.15) is 17.2 Å². The summed E-state index contributed by atoms with van der Waals surface area (Å²) in [7, 11) is 0. The number of hydrogen-bond acceptors (Lipinski definition) is 7. The van der Waals surface area contributed by atoms with Crippen LogP contribution < -0.4 is 5.43 Å². The fraction of sp³-hybridized carbons (Fsp3) is 0. The molecule has 0 bridgehead atoms. The maximum absolute atomic E-state index is 11.1. The first-order valence-electron chi connectivity index (χ1n) is 7.62. The van der Waals surface area contributed by atoms with Crippen LogP contribution in [0.25, 0.3) is 11.3 Å². The molecule has 0 fully saturated rings. The Labute approximate surface area is 167 Å². The molecule has 0 radical (unpaired) electrons. The Bertz CT molecular complexity index is 1100. The van der Waals surface area contributed by atoms with Crippen molar-refractivity contribution in [3.05, 3.63) is 84.6 Å². The number of rotatable bonds is 6. The van der Waals surface area contributed by atoms with Crippen LogP contribution in [0.1, 0.15) is 5.76 Å². The molecule has 2 aromatic carbocycles. The quantitative estimate of drug-likeness (QED) is 0.318. The minimum absolute atomic E-state index is 0.000578. The summed E-state index contributed by atoms with van der Waals surface area (Å²) in [4.78, 5) is 20.4. The highest BCUT2D eigenvalue weighted by Crippen LogP contribution is 2.31.